The maximum atomic E-state index is 8.72. The van der Waals surface area contributed by atoms with Crippen LogP contribution in [0, 0.1) is 5.92 Å². The first-order valence-corrected chi connectivity index (χ1v) is 6.57. The molecule has 3 nitrogen and oxygen atoms in total. The van der Waals surface area contributed by atoms with Crippen LogP contribution in [0.25, 0.3) is 0 Å². The van der Waals surface area contributed by atoms with E-state index in [2.05, 4.69) is 25.7 Å². The molecule has 0 spiro atoms. The third-order valence-electron chi connectivity index (χ3n) is 3.43. The Bertz CT molecular complexity index is 133. The highest BCUT2D eigenvalue weighted by atomic mass is 16.5. The van der Waals surface area contributed by atoms with Crippen molar-refractivity contribution in [2.75, 3.05) is 33.4 Å². The van der Waals surface area contributed by atoms with Crippen LogP contribution in [0.3, 0.4) is 0 Å². The van der Waals surface area contributed by atoms with Crippen LogP contribution in [0.15, 0.2) is 0 Å². The van der Waals surface area contributed by atoms with E-state index in [0.717, 1.165) is 19.3 Å². The van der Waals surface area contributed by atoms with Crippen LogP contribution in [0.1, 0.15) is 40.0 Å². The molecular weight excluding hydrogens is 202 g/mol. The summed E-state index contributed by atoms with van der Waals surface area (Å²) in [7, 11) is 1.74. The highest BCUT2D eigenvalue weighted by Crippen LogP contribution is 2.26. The van der Waals surface area contributed by atoms with E-state index in [-0.39, 0.29) is 0 Å². The van der Waals surface area contributed by atoms with Crippen LogP contribution >= 0.6 is 0 Å². The van der Waals surface area contributed by atoms with Crippen LogP contribution < -0.4 is 0 Å². The van der Waals surface area contributed by atoms with Crippen molar-refractivity contribution in [3.8, 4) is 0 Å². The third kappa shape index (κ3) is 6.46. The molecule has 0 saturated heterocycles. The SMILES string of the molecule is CCN(CC)CC.CO[C@H]1CC[C@H](CO)C1. The van der Waals surface area contributed by atoms with Crippen LogP contribution in [0.5, 0.6) is 0 Å². The minimum absolute atomic E-state index is 0.333. The molecule has 0 unspecified atom stereocenters. The summed E-state index contributed by atoms with van der Waals surface area (Å²) in [5, 5.41) is 8.72. The van der Waals surface area contributed by atoms with Gasteiger partial charge in [-0.25, -0.2) is 0 Å². The average Bonchev–Trinajstić information content (AvgIpc) is 2.80. The summed E-state index contributed by atoms with van der Waals surface area (Å²) in [6, 6.07) is 0. The molecule has 0 amide bonds. The first kappa shape index (κ1) is 15.9. The summed E-state index contributed by atoms with van der Waals surface area (Å²) in [4.78, 5) is 2.38. The van der Waals surface area contributed by atoms with Gasteiger partial charge in [0.1, 0.15) is 0 Å². The van der Waals surface area contributed by atoms with Gasteiger partial charge in [-0.1, -0.05) is 20.8 Å². The second-order valence-electron chi connectivity index (χ2n) is 4.34. The van der Waals surface area contributed by atoms with E-state index in [4.69, 9.17) is 9.84 Å². The highest BCUT2D eigenvalue weighted by molar-refractivity contribution is 4.74. The average molecular weight is 231 g/mol. The van der Waals surface area contributed by atoms with Gasteiger partial charge in [0.2, 0.25) is 0 Å². The maximum absolute atomic E-state index is 8.72. The summed E-state index contributed by atoms with van der Waals surface area (Å²) >= 11 is 0. The van der Waals surface area contributed by atoms with Gasteiger partial charge >= 0.3 is 0 Å². The Labute approximate surface area is 101 Å². The van der Waals surface area contributed by atoms with Gasteiger partial charge in [0.25, 0.3) is 0 Å². The van der Waals surface area contributed by atoms with Gasteiger partial charge in [0, 0.05) is 13.7 Å². The van der Waals surface area contributed by atoms with E-state index in [1.54, 1.807) is 7.11 Å². The predicted octanol–water partition coefficient (Wildman–Crippen LogP) is 2.14. The molecule has 1 N–H and O–H groups in total. The Morgan fingerprint density at radius 3 is 1.88 bits per heavy atom. The zero-order chi connectivity index (χ0) is 12.4. The van der Waals surface area contributed by atoms with Gasteiger partial charge in [0.15, 0.2) is 0 Å². The number of aliphatic hydroxyl groups is 1. The molecule has 0 aromatic heterocycles. The number of methoxy groups -OCH3 is 1. The van der Waals surface area contributed by atoms with E-state index < -0.39 is 0 Å². The fraction of sp³-hybridized carbons (Fsp3) is 1.00. The lowest BCUT2D eigenvalue weighted by atomic mass is 10.1. The molecule has 0 bridgehead atoms. The van der Waals surface area contributed by atoms with Crippen molar-refractivity contribution in [2.24, 2.45) is 5.92 Å². The van der Waals surface area contributed by atoms with Gasteiger partial charge in [-0.15, -0.1) is 0 Å². The Morgan fingerprint density at radius 1 is 1.12 bits per heavy atom. The van der Waals surface area contributed by atoms with Crippen LogP contribution in [0.4, 0.5) is 0 Å². The van der Waals surface area contributed by atoms with E-state index in [0.29, 0.717) is 18.6 Å². The quantitative estimate of drug-likeness (QED) is 0.787. The fourth-order valence-electron chi connectivity index (χ4n) is 2.08. The van der Waals surface area contributed by atoms with Gasteiger partial charge in [-0.05, 0) is 44.8 Å². The minimum atomic E-state index is 0.333. The van der Waals surface area contributed by atoms with Gasteiger partial charge in [-0.2, -0.15) is 0 Å². The molecule has 0 aromatic carbocycles. The molecule has 98 valence electrons. The largest absolute Gasteiger partial charge is 0.396 e. The monoisotopic (exact) mass is 231 g/mol. The Morgan fingerprint density at radius 2 is 1.69 bits per heavy atom. The summed E-state index contributed by atoms with van der Waals surface area (Å²) in [6.45, 7) is 10.5. The molecule has 0 aromatic rings. The summed E-state index contributed by atoms with van der Waals surface area (Å²) in [6.07, 6.45) is 3.73. The zero-order valence-corrected chi connectivity index (χ0v) is 11.4. The molecule has 3 heteroatoms. The smallest absolute Gasteiger partial charge is 0.0575 e. The van der Waals surface area contributed by atoms with Crippen LogP contribution in [-0.4, -0.2) is 49.5 Å². The molecule has 1 aliphatic carbocycles. The molecule has 2 atom stereocenters. The van der Waals surface area contributed by atoms with Crippen molar-refractivity contribution in [2.45, 2.75) is 46.1 Å². The second kappa shape index (κ2) is 10.1. The Balaban J connectivity index is 0.000000293. The first-order valence-electron chi connectivity index (χ1n) is 6.57. The zero-order valence-electron chi connectivity index (χ0n) is 11.4. The second-order valence-corrected chi connectivity index (χ2v) is 4.34. The van der Waals surface area contributed by atoms with Gasteiger partial charge in [0.05, 0.1) is 6.10 Å². The van der Waals surface area contributed by atoms with Crippen molar-refractivity contribution < 1.29 is 9.84 Å². The predicted molar refractivity (Wildman–Crippen MR) is 68.7 cm³/mol. The molecule has 0 aliphatic heterocycles. The fourth-order valence-corrected chi connectivity index (χ4v) is 2.08. The van der Waals surface area contributed by atoms with Crippen molar-refractivity contribution >= 4 is 0 Å². The number of hydrogen-bond acceptors (Lipinski definition) is 3. The molecule has 0 heterocycles. The van der Waals surface area contributed by atoms with Crippen LogP contribution in [-0.2, 0) is 4.74 Å². The summed E-state index contributed by atoms with van der Waals surface area (Å²) in [5.41, 5.74) is 0. The lowest BCUT2D eigenvalue weighted by molar-refractivity contribution is 0.100. The van der Waals surface area contributed by atoms with E-state index in [1.165, 1.54) is 19.6 Å². The van der Waals surface area contributed by atoms with E-state index >= 15 is 0 Å². The molecule has 1 fully saturated rings. The minimum Gasteiger partial charge on any atom is -0.396 e. The van der Waals surface area contributed by atoms with Crippen molar-refractivity contribution in [3.63, 3.8) is 0 Å². The van der Waals surface area contributed by atoms with E-state index in [1.807, 2.05) is 0 Å². The summed E-state index contributed by atoms with van der Waals surface area (Å²) in [5.74, 6) is 0.509. The van der Waals surface area contributed by atoms with E-state index in [9.17, 15) is 0 Å². The molecule has 1 aliphatic rings. The number of nitrogens with zero attached hydrogens (tertiary/aromatic N) is 1. The number of ether oxygens (including phenoxy) is 1. The third-order valence-corrected chi connectivity index (χ3v) is 3.43. The molecular formula is C13H29NO2. The van der Waals surface area contributed by atoms with Crippen LogP contribution in [0.2, 0.25) is 0 Å². The number of aliphatic hydroxyl groups excluding tert-OH is 1. The van der Waals surface area contributed by atoms with Gasteiger partial charge < -0.3 is 14.7 Å². The summed E-state index contributed by atoms with van der Waals surface area (Å²) < 4.78 is 5.13. The molecule has 1 saturated carbocycles. The standard InChI is InChI=1S/C7H14O2.C6H15N/c1-9-7-3-2-6(4-7)5-8;1-4-7(5-2)6-3/h6-8H,2-5H2,1H3;4-6H2,1-3H3/t6-,7-;/m0./s1. The Hall–Kier alpha value is -0.120. The Kier molecular flexibility index (Phi) is 9.99. The van der Waals surface area contributed by atoms with Gasteiger partial charge in [-0.3, -0.25) is 0 Å². The number of hydrogen-bond donors (Lipinski definition) is 1. The lowest BCUT2D eigenvalue weighted by Gasteiger charge is -2.13. The van der Waals surface area contributed by atoms with Crippen molar-refractivity contribution in [1.29, 1.82) is 0 Å². The molecule has 16 heavy (non-hydrogen) atoms. The normalized spacial score (nSPS) is 24.4. The van der Waals surface area contributed by atoms with Crippen molar-refractivity contribution in [1.82, 2.24) is 4.90 Å². The lowest BCUT2D eigenvalue weighted by Crippen LogP contribution is -2.21. The maximum Gasteiger partial charge on any atom is 0.0575 e. The van der Waals surface area contributed by atoms with Crippen molar-refractivity contribution in [3.05, 3.63) is 0 Å². The molecule has 0 radical (unpaired) electrons. The first-order chi connectivity index (χ1) is 7.71. The highest BCUT2D eigenvalue weighted by Gasteiger charge is 2.23. The number of rotatable bonds is 5. The molecule has 1 rings (SSSR count). The topological polar surface area (TPSA) is 32.7 Å².